The van der Waals surface area contributed by atoms with Crippen LogP contribution in [0.5, 0.6) is 0 Å². The molecule has 0 saturated carbocycles. The number of hydrogen-bond acceptors (Lipinski definition) is 3. The van der Waals surface area contributed by atoms with Crippen LogP contribution in [0.3, 0.4) is 0 Å². The molecule has 0 bridgehead atoms. The summed E-state index contributed by atoms with van der Waals surface area (Å²) < 4.78 is 2.06. The van der Waals surface area contributed by atoms with E-state index < -0.39 is 0 Å². The van der Waals surface area contributed by atoms with E-state index >= 15 is 0 Å². The van der Waals surface area contributed by atoms with Crippen LogP contribution in [0.15, 0.2) is 23.7 Å². The Hall–Kier alpha value is -0.970. The zero-order valence-electron chi connectivity index (χ0n) is 9.97. The predicted molar refractivity (Wildman–Crippen MR) is 68.8 cm³/mol. The van der Waals surface area contributed by atoms with E-state index in [0.29, 0.717) is 0 Å². The van der Waals surface area contributed by atoms with Crippen molar-refractivity contribution >= 4 is 16.9 Å². The van der Waals surface area contributed by atoms with Gasteiger partial charge in [0.05, 0.1) is 12.4 Å². The monoisotopic (exact) mass is 238 g/mol. The summed E-state index contributed by atoms with van der Waals surface area (Å²) in [5.41, 5.74) is 0.179. The second-order valence-electron chi connectivity index (χ2n) is 4.84. The molecule has 0 amide bonds. The highest BCUT2D eigenvalue weighted by Gasteiger charge is 2.27. The minimum atomic E-state index is 0.179. The van der Waals surface area contributed by atoms with Gasteiger partial charge in [0.15, 0.2) is 5.17 Å². The quantitative estimate of drug-likeness (QED) is 0.872. The van der Waals surface area contributed by atoms with Gasteiger partial charge in [-0.05, 0) is 20.8 Å². The maximum absolute atomic E-state index is 4.67. The number of rotatable bonds is 3. The van der Waals surface area contributed by atoms with Gasteiger partial charge < -0.3 is 9.88 Å². The number of hydrogen-bond donors (Lipinski definition) is 1. The molecule has 1 N–H and O–H groups in total. The third-order valence-corrected chi connectivity index (χ3v) is 3.73. The molecule has 0 spiro atoms. The molecule has 1 unspecified atom stereocenters. The van der Waals surface area contributed by atoms with Crippen molar-refractivity contribution in [1.29, 1.82) is 0 Å². The molecule has 1 fully saturated rings. The van der Waals surface area contributed by atoms with Crippen LogP contribution in [0.2, 0.25) is 0 Å². The predicted octanol–water partition coefficient (Wildman–Crippen LogP) is 1.74. The molecule has 1 aromatic heterocycles. The van der Waals surface area contributed by atoms with Gasteiger partial charge in [-0.25, -0.2) is 4.98 Å². The van der Waals surface area contributed by atoms with Crippen LogP contribution in [0, 0.1) is 0 Å². The SMILES string of the molecule is CC(Cn1ccnc1)N=C1NC(C)(C)CS1. The van der Waals surface area contributed by atoms with E-state index in [1.807, 2.05) is 12.5 Å². The van der Waals surface area contributed by atoms with Crippen molar-refractivity contribution in [2.75, 3.05) is 5.75 Å². The molecule has 1 aliphatic heterocycles. The first-order chi connectivity index (χ1) is 7.55. The first kappa shape index (κ1) is 11.5. The molecular formula is C11H18N4S. The molecule has 0 aromatic carbocycles. The van der Waals surface area contributed by atoms with Gasteiger partial charge in [-0.3, -0.25) is 4.99 Å². The standard InChI is InChI=1S/C11H18N4S/c1-9(6-15-5-4-12-8-15)13-10-14-11(2,3)7-16-10/h4-5,8-9H,6-7H2,1-3H3,(H,13,14). The molecule has 1 aliphatic rings. The molecule has 1 atom stereocenters. The highest BCUT2D eigenvalue weighted by Crippen LogP contribution is 2.22. The minimum absolute atomic E-state index is 0.179. The fourth-order valence-electron chi connectivity index (χ4n) is 1.62. The molecule has 0 radical (unpaired) electrons. The van der Waals surface area contributed by atoms with Crippen molar-refractivity contribution < 1.29 is 0 Å². The van der Waals surface area contributed by atoms with Crippen LogP contribution in [-0.4, -0.2) is 32.1 Å². The highest BCUT2D eigenvalue weighted by atomic mass is 32.2. The normalized spacial score (nSPS) is 23.3. The first-order valence-electron chi connectivity index (χ1n) is 5.50. The Bertz CT molecular complexity index is 369. The van der Waals surface area contributed by atoms with E-state index in [1.54, 1.807) is 18.0 Å². The van der Waals surface area contributed by atoms with Crippen LogP contribution < -0.4 is 5.32 Å². The fourth-order valence-corrected chi connectivity index (χ4v) is 2.79. The molecular weight excluding hydrogens is 220 g/mol. The van der Waals surface area contributed by atoms with Crippen molar-refractivity contribution in [2.45, 2.75) is 38.9 Å². The molecule has 16 heavy (non-hydrogen) atoms. The van der Waals surface area contributed by atoms with Gasteiger partial charge in [-0.1, -0.05) is 11.8 Å². The lowest BCUT2D eigenvalue weighted by Gasteiger charge is -2.16. The Balaban J connectivity index is 1.92. The lowest BCUT2D eigenvalue weighted by atomic mass is 10.1. The Labute approximate surface area is 101 Å². The van der Waals surface area contributed by atoms with Crippen LogP contribution in [0.4, 0.5) is 0 Å². The van der Waals surface area contributed by atoms with Gasteiger partial charge >= 0.3 is 0 Å². The molecule has 1 aromatic rings. The molecule has 2 rings (SSSR count). The van der Waals surface area contributed by atoms with E-state index in [9.17, 15) is 0 Å². The molecule has 2 heterocycles. The van der Waals surface area contributed by atoms with E-state index in [0.717, 1.165) is 17.5 Å². The van der Waals surface area contributed by atoms with Crippen LogP contribution in [0.25, 0.3) is 0 Å². The largest absolute Gasteiger partial charge is 0.359 e. The number of nitrogens with one attached hydrogen (secondary N) is 1. The van der Waals surface area contributed by atoms with Crippen molar-refractivity contribution in [2.24, 2.45) is 4.99 Å². The Morgan fingerprint density at radius 3 is 3.06 bits per heavy atom. The number of aromatic nitrogens is 2. The topological polar surface area (TPSA) is 42.2 Å². The second-order valence-corrected chi connectivity index (χ2v) is 5.80. The third-order valence-electron chi connectivity index (χ3n) is 2.39. The summed E-state index contributed by atoms with van der Waals surface area (Å²) in [4.78, 5) is 8.69. The number of imidazole rings is 1. The zero-order valence-corrected chi connectivity index (χ0v) is 10.8. The van der Waals surface area contributed by atoms with Crippen LogP contribution >= 0.6 is 11.8 Å². The fraction of sp³-hybridized carbons (Fsp3) is 0.636. The minimum Gasteiger partial charge on any atom is -0.359 e. The molecule has 88 valence electrons. The molecule has 5 heteroatoms. The summed E-state index contributed by atoms with van der Waals surface area (Å²) in [5.74, 6) is 1.09. The second kappa shape index (κ2) is 4.49. The average Bonchev–Trinajstić information content (AvgIpc) is 2.76. The summed E-state index contributed by atoms with van der Waals surface area (Å²) in [6.45, 7) is 7.40. The summed E-state index contributed by atoms with van der Waals surface area (Å²) in [5, 5.41) is 4.50. The van der Waals surface area contributed by atoms with Gasteiger partial charge in [-0.2, -0.15) is 0 Å². The van der Waals surface area contributed by atoms with Crippen molar-refractivity contribution in [3.8, 4) is 0 Å². The van der Waals surface area contributed by atoms with Crippen LogP contribution in [-0.2, 0) is 6.54 Å². The van der Waals surface area contributed by atoms with Gasteiger partial charge in [0.2, 0.25) is 0 Å². The lowest BCUT2D eigenvalue weighted by molar-refractivity contribution is 0.531. The van der Waals surface area contributed by atoms with E-state index in [-0.39, 0.29) is 11.6 Å². The summed E-state index contributed by atoms with van der Waals surface area (Å²) in [6, 6.07) is 0.276. The zero-order chi connectivity index (χ0) is 11.6. The van der Waals surface area contributed by atoms with Crippen molar-refractivity contribution in [3.05, 3.63) is 18.7 Å². The third kappa shape index (κ3) is 3.01. The number of nitrogens with zero attached hydrogens (tertiary/aromatic N) is 3. The number of aliphatic imine (C=N–C) groups is 1. The molecule has 1 saturated heterocycles. The van der Waals surface area contributed by atoms with E-state index in [4.69, 9.17) is 0 Å². The maximum Gasteiger partial charge on any atom is 0.157 e. The number of thioether (sulfide) groups is 1. The van der Waals surface area contributed by atoms with Gasteiger partial charge in [0.25, 0.3) is 0 Å². The maximum atomic E-state index is 4.67. The smallest absolute Gasteiger partial charge is 0.157 e. The highest BCUT2D eigenvalue weighted by molar-refractivity contribution is 8.14. The van der Waals surface area contributed by atoms with Crippen LogP contribution in [0.1, 0.15) is 20.8 Å². The summed E-state index contributed by atoms with van der Waals surface area (Å²) in [6.07, 6.45) is 5.59. The molecule has 0 aliphatic carbocycles. The Morgan fingerprint density at radius 1 is 1.69 bits per heavy atom. The molecule has 4 nitrogen and oxygen atoms in total. The summed E-state index contributed by atoms with van der Waals surface area (Å²) >= 11 is 1.80. The average molecular weight is 238 g/mol. The lowest BCUT2D eigenvalue weighted by Crippen LogP contribution is -2.37. The van der Waals surface area contributed by atoms with Gasteiger partial charge in [-0.15, -0.1) is 0 Å². The van der Waals surface area contributed by atoms with Gasteiger partial charge in [0, 0.05) is 30.2 Å². The Morgan fingerprint density at radius 2 is 2.50 bits per heavy atom. The summed E-state index contributed by atoms with van der Waals surface area (Å²) in [7, 11) is 0. The Kier molecular flexibility index (Phi) is 3.23. The van der Waals surface area contributed by atoms with Gasteiger partial charge in [0.1, 0.15) is 0 Å². The first-order valence-corrected chi connectivity index (χ1v) is 6.48. The van der Waals surface area contributed by atoms with E-state index in [1.165, 1.54) is 0 Å². The van der Waals surface area contributed by atoms with Crippen molar-refractivity contribution in [1.82, 2.24) is 14.9 Å². The number of amidine groups is 1. The van der Waals surface area contributed by atoms with Crippen molar-refractivity contribution in [3.63, 3.8) is 0 Å². The van der Waals surface area contributed by atoms with E-state index in [2.05, 4.69) is 40.6 Å².